The number of aromatic nitrogens is 2. The van der Waals surface area contributed by atoms with Crippen molar-refractivity contribution in [1.29, 1.82) is 0 Å². The molecule has 1 aliphatic rings. The van der Waals surface area contributed by atoms with Crippen LogP contribution in [0.4, 0.5) is 0 Å². The van der Waals surface area contributed by atoms with E-state index in [4.69, 9.17) is 0 Å². The van der Waals surface area contributed by atoms with E-state index in [-0.39, 0.29) is 11.9 Å². The summed E-state index contributed by atoms with van der Waals surface area (Å²) in [6, 6.07) is 9.96. The third kappa shape index (κ3) is 3.42. The van der Waals surface area contributed by atoms with Crippen LogP contribution in [0.5, 0.6) is 0 Å². The van der Waals surface area contributed by atoms with E-state index in [1.807, 2.05) is 30.3 Å². The topological polar surface area (TPSA) is 78.9 Å². The van der Waals surface area contributed by atoms with Crippen LogP contribution in [0.2, 0.25) is 0 Å². The molecular formula is C15H17N5O. The number of rotatable bonds is 4. The Labute approximate surface area is 123 Å². The fraction of sp³-hybridized carbons (Fsp3) is 0.267. The lowest BCUT2D eigenvalue weighted by molar-refractivity contribution is 0.0949. The Morgan fingerprint density at radius 1 is 1.24 bits per heavy atom. The SMILES string of the molecule is O=C(NCC1CCNN1)c1cnc(-c2ccccc2)nc1. The standard InChI is InChI=1S/C15H17N5O/c21-15(18-10-13-6-7-19-20-13)12-8-16-14(17-9-12)11-4-2-1-3-5-11/h1-5,8-9,13,19-20H,6-7,10H2,(H,18,21). The molecule has 0 aliphatic carbocycles. The van der Waals surface area contributed by atoms with Gasteiger partial charge in [0.2, 0.25) is 0 Å². The van der Waals surface area contributed by atoms with E-state index in [2.05, 4.69) is 26.1 Å². The van der Waals surface area contributed by atoms with Crippen LogP contribution in [-0.2, 0) is 0 Å². The van der Waals surface area contributed by atoms with Crippen molar-refractivity contribution in [1.82, 2.24) is 26.1 Å². The number of carbonyl (C=O) groups is 1. The molecule has 1 atom stereocenters. The number of hydrogen-bond acceptors (Lipinski definition) is 5. The van der Waals surface area contributed by atoms with Crippen LogP contribution in [0.25, 0.3) is 11.4 Å². The van der Waals surface area contributed by atoms with Gasteiger partial charge < -0.3 is 5.32 Å². The van der Waals surface area contributed by atoms with Crippen molar-refractivity contribution in [3.63, 3.8) is 0 Å². The summed E-state index contributed by atoms with van der Waals surface area (Å²) in [5.74, 6) is 0.470. The first-order chi connectivity index (χ1) is 10.3. The van der Waals surface area contributed by atoms with Crippen LogP contribution >= 0.6 is 0 Å². The zero-order chi connectivity index (χ0) is 14.5. The Hall–Kier alpha value is -2.31. The first-order valence-electron chi connectivity index (χ1n) is 6.97. The molecule has 0 radical (unpaired) electrons. The van der Waals surface area contributed by atoms with Gasteiger partial charge in [-0.15, -0.1) is 0 Å². The zero-order valence-corrected chi connectivity index (χ0v) is 11.5. The van der Waals surface area contributed by atoms with Crippen LogP contribution in [-0.4, -0.2) is 35.0 Å². The maximum atomic E-state index is 12.0. The summed E-state index contributed by atoms with van der Waals surface area (Å²) in [6.45, 7) is 1.52. The molecule has 6 heteroatoms. The van der Waals surface area contributed by atoms with Crippen molar-refractivity contribution in [2.75, 3.05) is 13.1 Å². The smallest absolute Gasteiger partial charge is 0.254 e. The minimum atomic E-state index is -0.150. The fourth-order valence-corrected chi connectivity index (χ4v) is 2.19. The molecule has 1 aromatic heterocycles. The van der Waals surface area contributed by atoms with Gasteiger partial charge in [-0.25, -0.2) is 9.97 Å². The predicted molar refractivity (Wildman–Crippen MR) is 79.3 cm³/mol. The second kappa shape index (κ2) is 6.43. The largest absolute Gasteiger partial charge is 0.350 e. The van der Waals surface area contributed by atoms with E-state index in [0.29, 0.717) is 17.9 Å². The third-order valence-corrected chi connectivity index (χ3v) is 3.38. The maximum absolute atomic E-state index is 12.0. The first kappa shape index (κ1) is 13.7. The molecule has 0 spiro atoms. The highest BCUT2D eigenvalue weighted by Crippen LogP contribution is 2.13. The molecular weight excluding hydrogens is 266 g/mol. The highest BCUT2D eigenvalue weighted by atomic mass is 16.1. The van der Waals surface area contributed by atoms with E-state index >= 15 is 0 Å². The molecule has 0 bridgehead atoms. The molecule has 1 unspecified atom stereocenters. The van der Waals surface area contributed by atoms with Crippen LogP contribution in [0, 0.1) is 0 Å². The van der Waals surface area contributed by atoms with Gasteiger partial charge in [0.25, 0.3) is 5.91 Å². The molecule has 1 aromatic carbocycles. The van der Waals surface area contributed by atoms with Gasteiger partial charge in [-0.2, -0.15) is 0 Å². The van der Waals surface area contributed by atoms with Crippen LogP contribution in [0.15, 0.2) is 42.7 Å². The minimum Gasteiger partial charge on any atom is -0.350 e. The summed E-state index contributed by atoms with van der Waals surface area (Å²) < 4.78 is 0. The number of amides is 1. The molecule has 2 aromatic rings. The lowest BCUT2D eigenvalue weighted by atomic mass is 10.2. The van der Waals surface area contributed by atoms with Gasteiger partial charge in [-0.05, 0) is 6.42 Å². The van der Waals surface area contributed by atoms with Gasteiger partial charge in [0.1, 0.15) is 0 Å². The van der Waals surface area contributed by atoms with Crippen molar-refractivity contribution < 1.29 is 4.79 Å². The zero-order valence-electron chi connectivity index (χ0n) is 11.5. The monoisotopic (exact) mass is 283 g/mol. The number of hydrazine groups is 1. The minimum absolute atomic E-state index is 0.150. The molecule has 1 aliphatic heterocycles. The van der Waals surface area contributed by atoms with E-state index < -0.39 is 0 Å². The van der Waals surface area contributed by atoms with Crippen molar-refractivity contribution in [3.05, 3.63) is 48.3 Å². The molecule has 1 saturated heterocycles. The van der Waals surface area contributed by atoms with Crippen LogP contribution < -0.4 is 16.2 Å². The Morgan fingerprint density at radius 2 is 2.00 bits per heavy atom. The highest BCUT2D eigenvalue weighted by Gasteiger charge is 2.15. The highest BCUT2D eigenvalue weighted by molar-refractivity contribution is 5.93. The molecule has 108 valence electrons. The average Bonchev–Trinajstić information content (AvgIpc) is 3.07. The van der Waals surface area contributed by atoms with Crippen LogP contribution in [0.1, 0.15) is 16.8 Å². The Morgan fingerprint density at radius 3 is 2.67 bits per heavy atom. The summed E-state index contributed by atoms with van der Waals surface area (Å²) in [7, 11) is 0. The van der Waals surface area contributed by atoms with Crippen LogP contribution in [0.3, 0.4) is 0 Å². The Balaban J connectivity index is 1.62. The third-order valence-electron chi connectivity index (χ3n) is 3.38. The second-order valence-electron chi connectivity index (χ2n) is 4.93. The van der Waals surface area contributed by atoms with Gasteiger partial charge in [0, 0.05) is 37.1 Å². The summed E-state index contributed by atoms with van der Waals surface area (Å²) >= 11 is 0. The summed E-state index contributed by atoms with van der Waals surface area (Å²) in [5.41, 5.74) is 7.54. The van der Waals surface area contributed by atoms with Crippen molar-refractivity contribution in [2.24, 2.45) is 0 Å². The van der Waals surface area contributed by atoms with E-state index in [1.165, 1.54) is 0 Å². The van der Waals surface area contributed by atoms with Crippen molar-refractivity contribution in [2.45, 2.75) is 12.5 Å². The van der Waals surface area contributed by atoms with Crippen molar-refractivity contribution in [3.8, 4) is 11.4 Å². The van der Waals surface area contributed by atoms with E-state index in [9.17, 15) is 4.79 Å². The molecule has 3 N–H and O–H groups in total. The normalized spacial score (nSPS) is 17.6. The second-order valence-corrected chi connectivity index (χ2v) is 4.93. The Bertz CT molecular complexity index is 593. The molecule has 3 rings (SSSR count). The summed E-state index contributed by atoms with van der Waals surface area (Å²) in [5, 5.41) is 2.88. The quantitative estimate of drug-likeness (QED) is 0.771. The molecule has 21 heavy (non-hydrogen) atoms. The van der Waals surface area contributed by atoms with E-state index in [1.54, 1.807) is 12.4 Å². The number of nitrogens with one attached hydrogen (secondary N) is 3. The Kier molecular flexibility index (Phi) is 4.18. The lowest BCUT2D eigenvalue weighted by Crippen LogP contribution is -2.40. The maximum Gasteiger partial charge on any atom is 0.254 e. The van der Waals surface area contributed by atoms with E-state index in [0.717, 1.165) is 18.5 Å². The number of nitrogens with zero attached hydrogens (tertiary/aromatic N) is 2. The van der Waals surface area contributed by atoms with Gasteiger partial charge >= 0.3 is 0 Å². The van der Waals surface area contributed by atoms with Gasteiger partial charge in [-0.1, -0.05) is 30.3 Å². The molecule has 2 heterocycles. The van der Waals surface area contributed by atoms with Gasteiger partial charge in [-0.3, -0.25) is 15.6 Å². The number of benzene rings is 1. The van der Waals surface area contributed by atoms with Gasteiger partial charge in [0.05, 0.1) is 5.56 Å². The van der Waals surface area contributed by atoms with Crippen molar-refractivity contribution >= 4 is 5.91 Å². The molecule has 1 amide bonds. The lowest BCUT2D eigenvalue weighted by Gasteiger charge is -2.10. The number of hydrogen-bond donors (Lipinski definition) is 3. The average molecular weight is 283 g/mol. The predicted octanol–water partition coefficient (Wildman–Crippen LogP) is 0.740. The molecule has 1 fully saturated rings. The molecule has 0 saturated carbocycles. The number of carbonyl (C=O) groups excluding carboxylic acids is 1. The first-order valence-corrected chi connectivity index (χ1v) is 6.97. The fourth-order valence-electron chi connectivity index (χ4n) is 2.19. The molecule has 6 nitrogen and oxygen atoms in total. The summed E-state index contributed by atoms with van der Waals surface area (Å²) in [4.78, 5) is 20.5. The summed E-state index contributed by atoms with van der Waals surface area (Å²) in [6.07, 6.45) is 4.12. The van der Waals surface area contributed by atoms with Gasteiger partial charge in [0.15, 0.2) is 5.82 Å².